The summed E-state index contributed by atoms with van der Waals surface area (Å²) in [6.45, 7) is 3.49. The number of anilines is 1. The van der Waals surface area contributed by atoms with Gasteiger partial charge < -0.3 is 10.6 Å². The molecule has 2 aromatic rings. The van der Waals surface area contributed by atoms with Gasteiger partial charge in [0.1, 0.15) is 12.4 Å². The van der Waals surface area contributed by atoms with Crippen LogP contribution in [0.15, 0.2) is 30.3 Å². The topological polar surface area (TPSA) is 64.2 Å². The van der Waals surface area contributed by atoms with E-state index < -0.39 is 0 Å². The molecule has 5 nitrogen and oxygen atoms in total. The predicted octanol–water partition coefficient (Wildman–Crippen LogP) is 2.44. The van der Waals surface area contributed by atoms with Crippen molar-refractivity contribution in [3.63, 3.8) is 0 Å². The first-order valence-electron chi connectivity index (χ1n) is 7.36. The van der Waals surface area contributed by atoms with Gasteiger partial charge in [-0.2, -0.15) is 5.10 Å². The van der Waals surface area contributed by atoms with Crippen LogP contribution >= 0.6 is 11.6 Å². The fraction of sp³-hybridized carbons (Fsp3) is 0.375. The number of nitrogens with two attached hydrogens (primary N) is 1. The smallest absolute Gasteiger partial charge is 0.244 e. The zero-order valence-corrected chi connectivity index (χ0v) is 13.3. The van der Waals surface area contributed by atoms with Crippen LogP contribution in [-0.4, -0.2) is 33.7 Å². The van der Waals surface area contributed by atoms with Gasteiger partial charge in [-0.1, -0.05) is 29.8 Å². The van der Waals surface area contributed by atoms with E-state index in [-0.39, 0.29) is 12.5 Å². The number of nitrogens with zero attached hydrogens (tertiary/aromatic N) is 3. The molecule has 22 heavy (non-hydrogen) atoms. The molecule has 1 aliphatic heterocycles. The second-order valence-electron chi connectivity index (χ2n) is 5.72. The van der Waals surface area contributed by atoms with Crippen molar-refractivity contribution in [2.24, 2.45) is 0 Å². The van der Waals surface area contributed by atoms with Crippen LogP contribution in [0.2, 0.25) is 5.02 Å². The Morgan fingerprint density at radius 1 is 1.45 bits per heavy atom. The Labute approximate surface area is 134 Å². The van der Waals surface area contributed by atoms with E-state index in [4.69, 9.17) is 17.3 Å². The Morgan fingerprint density at radius 3 is 2.91 bits per heavy atom. The van der Waals surface area contributed by atoms with Gasteiger partial charge in [0.15, 0.2) is 0 Å². The Morgan fingerprint density at radius 2 is 2.23 bits per heavy atom. The van der Waals surface area contributed by atoms with E-state index in [1.165, 1.54) is 0 Å². The van der Waals surface area contributed by atoms with E-state index in [0.29, 0.717) is 18.3 Å². The fourth-order valence-electron chi connectivity index (χ4n) is 2.97. The molecule has 2 N–H and O–H groups in total. The van der Waals surface area contributed by atoms with Crippen LogP contribution in [0.3, 0.4) is 0 Å². The maximum atomic E-state index is 12.4. The molecule has 0 radical (unpaired) electrons. The molecular weight excluding hydrogens is 300 g/mol. The first-order valence-corrected chi connectivity index (χ1v) is 7.74. The first-order chi connectivity index (χ1) is 10.5. The minimum absolute atomic E-state index is 0.0457. The van der Waals surface area contributed by atoms with Gasteiger partial charge in [-0.25, -0.2) is 4.68 Å². The highest BCUT2D eigenvalue weighted by molar-refractivity contribution is 6.31. The summed E-state index contributed by atoms with van der Waals surface area (Å²) in [5.41, 5.74) is 7.78. The number of rotatable bonds is 3. The molecule has 116 valence electrons. The monoisotopic (exact) mass is 318 g/mol. The molecule has 3 rings (SSSR count). The molecule has 1 amide bonds. The SMILES string of the molecule is Cc1cc(N)n(CC(=O)N2CCC(c3ccccc3Cl)C2)n1. The Kier molecular flexibility index (Phi) is 4.07. The summed E-state index contributed by atoms with van der Waals surface area (Å²) in [5.74, 6) is 0.867. The van der Waals surface area contributed by atoms with Crippen LogP contribution in [-0.2, 0) is 11.3 Å². The summed E-state index contributed by atoms with van der Waals surface area (Å²) >= 11 is 6.25. The predicted molar refractivity (Wildman–Crippen MR) is 86.8 cm³/mol. The van der Waals surface area contributed by atoms with Crippen molar-refractivity contribution in [1.82, 2.24) is 14.7 Å². The Bertz CT molecular complexity index is 697. The summed E-state index contributed by atoms with van der Waals surface area (Å²) in [7, 11) is 0. The third kappa shape index (κ3) is 2.95. The van der Waals surface area contributed by atoms with Crippen molar-refractivity contribution in [1.29, 1.82) is 0 Å². The zero-order chi connectivity index (χ0) is 15.7. The highest BCUT2D eigenvalue weighted by Crippen LogP contribution is 2.32. The Balaban J connectivity index is 1.66. The molecule has 1 atom stereocenters. The van der Waals surface area contributed by atoms with Gasteiger partial charge in [0, 0.05) is 30.1 Å². The molecule has 1 aromatic carbocycles. The lowest BCUT2D eigenvalue weighted by Gasteiger charge is -2.17. The lowest BCUT2D eigenvalue weighted by atomic mass is 9.98. The largest absolute Gasteiger partial charge is 0.384 e. The number of amides is 1. The van der Waals surface area contributed by atoms with Crippen LogP contribution in [0.25, 0.3) is 0 Å². The second-order valence-corrected chi connectivity index (χ2v) is 6.12. The van der Waals surface area contributed by atoms with Crippen LogP contribution in [0, 0.1) is 6.92 Å². The molecule has 1 saturated heterocycles. The van der Waals surface area contributed by atoms with E-state index in [1.54, 1.807) is 10.7 Å². The number of carbonyl (C=O) groups excluding carboxylic acids is 1. The lowest BCUT2D eigenvalue weighted by Crippen LogP contribution is -2.32. The van der Waals surface area contributed by atoms with Crippen molar-refractivity contribution in [2.75, 3.05) is 18.8 Å². The summed E-state index contributed by atoms with van der Waals surface area (Å²) in [5, 5.41) is 5.01. The average Bonchev–Trinajstić information content (AvgIpc) is 3.07. The molecule has 0 bridgehead atoms. The van der Waals surface area contributed by atoms with Gasteiger partial charge in [0.2, 0.25) is 5.91 Å². The number of aromatic nitrogens is 2. The number of halogens is 1. The summed E-state index contributed by atoms with van der Waals surface area (Å²) in [4.78, 5) is 14.3. The molecule has 0 spiro atoms. The van der Waals surface area contributed by atoms with Crippen LogP contribution in [0.1, 0.15) is 23.6 Å². The minimum Gasteiger partial charge on any atom is -0.384 e. The van der Waals surface area contributed by atoms with Crippen molar-refractivity contribution >= 4 is 23.3 Å². The molecule has 0 saturated carbocycles. The summed E-state index contributed by atoms with van der Waals surface area (Å²) < 4.78 is 1.56. The number of nitrogen functional groups attached to an aromatic ring is 1. The Hall–Kier alpha value is -2.01. The maximum absolute atomic E-state index is 12.4. The quantitative estimate of drug-likeness (QED) is 0.945. The lowest BCUT2D eigenvalue weighted by molar-refractivity contribution is -0.130. The summed E-state index contributed by atoms with van der Waals surface area (Å²) in [6, 6.07) is 9.61. The molecule has 1 aromatic heterocycles. The molecule has 6 heteroatoms. The number of carbonyl (C=O) groups is 1. The molecule has 1 unspecified atom stereocenters. The van der Waals surface area contributed by atoms with Crippen molar-refractivity contribution in [2.45, 2.75) is 25.8 Å². The number of hydrogen-bond donors (Lipinski definition) is 1. The van der Waals surface area contributed by atoms with Crippen molar-refractivity contribution in [3.05, 3.63) is 46.6 Å². The molecule has 1 aliphatic rings. The summed E-state index contributed by atoms with van der Waals surface area (Å²) in [6.07, 6.45) is 0.934. The van der Waals surface area contributed by atoms with E-state index in [0.717, 1.165) is 29.2 Å². The standard InChI is InChI=1S/C16H19ClN4O/c1-11-8-15(18)21(19-11)10-16(22)20-7-6-12(9-20)13-4-2-3-5-14(13)17/h2-5,8,12H,6-7,9-10,18H2,1H3. The third-order valence-corrected chi connectivity index (χ3v) is 4.45. The van der Waals surface area contributed by atoms with Crippen molar-refractivity contribution < 1.29 is 4.79 Å². The van der Waals surface area contributed by atoms with Gasteiger partial charge >= 0.3 is 0 Å². The number of hydrogen-bond acceptors (Lipinski definition) is 3. The van der Waals surface area contributed by atoms with Crippen LogP contribution in [0.4, 0.5) is 5.82 Å². The van der Waals surface area contributed by atoms with E-state index in [1.807, 2.05) is 36.1 Å². The maximum Gasteiger partial charge on any atom is 0.244 e. The minimum atomic E-state index is 0.0457. The van der Waals surface area contributed by atoms with Crippen LogP contribution < -0.4 is 5.73 Å². The fourth-order valence-corrected chi connectivity index (χ4v) is 3.26. The average molecular weight is 319 g/mol. The highest BCUT2D eigenvalue weighted by atomic mass is 35.5. The number of aryl methyl sites for hydroxylation is 1. The normalized spacial score (nSPS) is 17.9. The second kappa shape index (κ2) is 6.01. The number of benzene rings is 1. The van der Waals surface area contributed by atoms with E-state index in [2.05, 4.69) is 5.10 Å². The highest BCUT2D eigenvalue weighted by Gasteiger charge is 2.28. The van der Waals surface area contributed by atoms with Crippen LogP contribution in [0.5, 0.6) is 0 Å². The zero-order valence-electron chi connectivity index (χ0n) is 12.5. The first kappa shape index (κ1) is 14.9. The molecule has 1 fully saturated rings. The van der Waals surface area contributed by atoms with Crippen molar-refractivity contribution in [3.8, 4) is 0 Å². The molecular formula is C16H19ClN4O. The van der Waals surface area contributed by atoms with Gasteiger partial charge in [0.05, 0.1) is 5.69 Å². The van der Waals surface area contributed by atoms with Gasteiger partial charge in [-0.15, -0.1) is 0 Å². The van der Waals surface area contributed by atoms with E-state index >= 15 is 0 Å². The molecule has 2 heterocycles. The van der Waals surface area contributed by atoms with Gasteiger partial charge in [-0.05, 0) is 25.0 Å². The van der Waals surface area contributed by atoms with Gasteiger partial charge in [-0.3, -0.25) is 4.79 Å². The third-order valence-electron chi connectivity index (χ3n) is 4.10. The number of likely N-dealkylation sites (tertiary alicyclic amines) is 1. The van der Waals surface area contributed by atoms with Gasteiger partial charge in [0.25, 0.3) is 0 Å². The molecule has 0 aliphatic carbocycles. The van der Waals surface area contributed by atoms with E-state index in [9.17, 15) is 4.79 Å².